The number of amides is 1. The van der Waals surface area contributed by atoms with E-state index in [1.54, 1.807) is 44.7 Å². The molecular weight excluding hydrogens is 434 g/mol. The third kappa shape index (κ3) is 2.98. The van der Waals surface area contributed by atoms with Gasteiger partial charge in [-0.3, -0.25) is 9.36 Å². The van der Waals surface area contributed by atoms with Crippen LogP contribution < -0.4 is 5.69 Å². The lowest BCUT2D eigenvalue weighted by atomic mass is 10.0. The molecule has 2 fully saturated rings. The Hall–Kier alpha value is -4.51. The molecule has 168 valence electrons. The summed E-state index contributed by atoms with van der Waals surface area (Å²) in [5.74, 6) is 0.248. The molecule has 4 aromatic heterocycles. The van der Waals surface area contributed by atoms with Gasteiger partial charge in [0.05, 0.1) is 47.2 Å². The number of pyridine rings is 1. The Labute approximate surface area is 192 Å². The van der Waals surface area contributed by atoms with E-state index in [2.05, 4.69) is 27.2 Å². The maximum absolute atomic E-state index is 12.9. The van der Waals surface area contributed by atoms with Gasteiger partial charge in [0.2, 0.25) is 5.91 Å². The smallest absolute Gasteiger partial charge is 0.328 e. The highest BCUT2D eigenvalue weighted by molar-refractivity contribution is 5.88. The number of likely N-dealkylation sites (tertiary alicyclic amines) is 1. The Kier molecular flexibility index (Phi) is 4.29. The minimum absolute atomic E-state index is 0.137. The zero-order valence-corrected chi connectivity index (χ0v) is 18.1. The molecule has 34 heavy (non-hydrogen) atoms. The van der Waals surface area contributed by atoms with Gasteiger partial charge >= 0.3 is 5.69 Å². The van der Waals surface area contributed by atoms with Crippen LogP contribution in [0.2, 0.25) is 0 Å². The third-order valence-corrected chi connectivity index (χ3v) is 6.77. The van der Waals surface area contributed by atoms with E-state index in [1.807, 2.05) is 0 Å². The van der Waals surface area contributed by atoms with E-state index in [4.69, 9.17) is 4.98 Å². The fraction of sp³-hybridized carbons (Fsp3) is 0.348. The topological polar surface area (TPSA) is 149 Å². The van der Waals surface area contributed by atoms with Crippen LogP contribution in [0.1, 0.15) is 37.3 Å². The first-order valence-electron chi connectivity index (χ1n) is 11.1. The summed E-state index contributed by atoms with van der Waals surface area (Å²) < 4.78 is 3.24. The summed E-state index contributed by atoms with van der Waals surface area (Å²) >= 11 is 0. The van der Waals surface area contributed by atoms with Crippen LogP contribution in [0.3, 0.4) is 0 Å². The Morgan fingerprint density at radius 1 is 1.26 bits per heavy atom. The molecule has 11 nitrogen and oxygen atoms in total. The average molecular weight is 453 g/mol. The fourth-order valence-corrected chi connectivity index (χ4v) is 4.76. The molecule has 1 amide bonds. The van der Waals surface area contributed by atoms with Crippen molar-refractivity contribution in [2.75, 3.05) is 13.1 Å². The summed E-state index contributed by atoms with van der Waals surface area (Å²) in [4.78, 5) is 39.5. The molecule has 1 atom stereocenters. The van der Waals surface area contributed by atoms with Gasteiger partial charge in [-0.15, -0.1) is 0 Å². The number of hydrogen-bond donors (Lipinski definition) is 1. The van der Waals surface area contributed by atoms with Crippen LogP contribution in [0.15, 0.2) is 35.5 Å². The van der Waals surface area contributed by atoms with E-state index in [0.717, 1.165) is 12.8 Å². The van der Waals surface area contributed by atoms with Crippen molar-refractivity contribution in [3.8, 4) is 23.5 Å². The number of H-pyrrole nitrogens is 1. The van der Waals surface area contributed by atoms with Gasteiger partial charge in [0.25, 0.3) is 0 Å². The predicted molar refractivity (Wildman–Crippen MR) is 119 cm³/mol. The SMILES string of the molecule is N#Cc1ccn2ncc(-c3ncc4[nH]c(=O)n(C5CCCN(C(=O)C6(C#N)CC6)C5)c4n3)c2c1. The van der Waals surface area contributed by atoms with E-state index in [-0.39, 0.29) is 17.6 Å². The number of aromatic nitrogens is 6. The Bertz CT molecular complexity index is 1610. The van der Waals surface area contributed by atoms with Crippen molar-refractivity contribution in [3.05, 3.63) is 46.8 Å². The Morgan fingerprint density at radius 3 is 2.88 bits per heavy atom. The second-order valence-electron chi connectivity index (χ2n) is 8.89. The molecule has 1 unspecified atom stereocenters. The number of aromatic amines is 1. The molecule has 1 saturated heterocycles. The number of nitrogens with zero attached hydrogens (tertiary/aromatic N) is 8. The minimum atomic E-state index is -0.881. The number of imidazole rings is 1. The second-order valence-corrected chi connectivity index (χ2v) is 8.89. The largest absolute Gasteiger partial charge is 0.339 e. The first-order valence-corrected chi connectivity index (χ1v) is 11.1. The summed E-state index contributed by atoms with van der Waals surface area (Å²) in [7, 11) is 0. The fourth-order valence-electron chi connectivity index (χ4n) is 4.76. The molecular formula is C23H19N9O2. The lowest BCUT2D eigenvalue weighted by Gasteiger charge is -2.34. The quantitative estimate of drug-likeness (QED) is 0.497. The normalized spacial score (nSPS) is 19.1. The Morgan fingerprint density at radius 2 is 2.12 bits per heavy atom. The van der Waals surface area contributed by atoms with E-state index in [1.165, 1.54) is 0 Å². The van der Waals surface area contributed by atoms with Gasteiger partial charge in [0.1, 0.15) is 10.9 Å². The van der Waals surface area contributed by atoms with Gasteiger partial charge in [-0.1, -0.05) is 0 Å². The number of piperidine rings is 1. The van der Waals surface area contributed by atoms with Gasteiger partial charge in [-0.25, -0.2) is 19.3 Å². The van der Waals surface area contributed by atoms with E-state index >= 15 is 0 Å². The van der Waals surface area contributed by atoms with Crippen LogP contribution in [0.5, 0.6) is 0 Å². The number of hydrogen-bond acceptors (Lipinski definition) is 7. The molecule has 1 aliphatic carbocycles. The zero-order chi connectivity index (χ0) is 23.4. The summed E-state index contributed by atoms with van der Waals surface area (Å²) in [6.07, 6.45) is 7.54. The van der Waals surface area contributed by atoms with Gasteiger partial charge in [0, 0.05) is 19.3 Å². The van der Waals surface area contributed by atoms with E-state index in [9.17, 15) is 20.1 Å². The lowest BCUT2D eigenvalue weighted by Crippen LogP contribution is -2.45. The molecule has 0 bridgehead atoms. The van der Waals surface area contributed by atoms with Crippen LogP contribution in [0, 0.1) is 28.1 Å². The van der Waals surface area contributed by atoms with Crippen molar-refractivity contribution in [3.63, 3.8) is 0 Å². The lowest BCUT2D eigenvalue weighted by molar-refractivity contribution is -0.136. The van der Waals surface area contributed by atoms with E-state index in [0.29, 0.717) is 59.6 Å². The van der Waals surface area contributed by atoms with Crippen molar-refractivity contribution in [2.24, 2.45) is 5.41 Å². The zero-order valence-electron chi connectivity index (χ0n) is 18.1. The Balaban J connectivity index is 1.40. The highest BCUT2D eigenvalue weighted by Crippen LogP contribution is 2.47. The van der Waals surface area contributed by atoms with Crippen LogP contribution in [-0.2, 0) is 4.79 Å². The van der Waals surface area contributed by atoms with Gasteiger partial charge < -0.3 is 9.88 Å². The molecule has 5 heterocycles. The maximum Gasteiger partial charge on any atom is 0.328 e. The van der Waals surface area contributed by atoms with Crippen LogP contribution in [0.4, 0.5) is 0 Å². The highest BCUT2D eigenvalue weighted by Gasteiger charge is 2.53. The average Bonchev–Trinajstić information content (AvgIpc) is 3.45. The van der Waals surface area contributed by atoms with Crippen molar-refractivity contribution >= 4 is 22.6 Å². The highest BCUT2D eigenvalue weighted by atomic mass is 16.2. The van der Waals surface area contributed by atoms with Crippen LogP contribution in [0.25, 0.3) is 28.1 Å². The monoisotopic (exact) mass is 453 g/mol. The summed E-state index contributed by atoms with van der Waals surface area (Å²) in [6.45, 7) is 0.941. The number of fused-ring (bicyclic) bond motifs is 2. The van der Waals surface area contributed by atoms with E-state index < -0.39 is 5.41 Å². The van der Waals surface area contributed by atoms with Gasteiger partial charge in [-0.05, 0) is 37.8 Å². The molecule has 1 N–H and O–H groups in total. The number of nitrogens with one attached hydrogen (secondary N) is 1. The van der Waals surface area contributed by atoms with Crippen molar-refractivity contribution in [1.82, 2.24) is 34.0 Å². The third-order valence-electron chi connectivity index (χ3n) is 6.77. The molecule has 0 radical (unpaired) electrons. The summed E-state index contributed by atoms with van der Waals surface area (Å²) in [5.41, 5.74) is 1.58. The van der Waals surface area contributed by atoms with Crippen LogP contribution >= 0.6 is 0 Å². The van der Waals surface area contributed by atoms with Gasteiger partial charge in [0.15, 0.2) is 11.5 Å². The molecule has 11 heteroatoms. The minimum Gasteiger partial charge on any atom is -0.339 e. The first kappa shape index (κ1) is 20.1. The second kappa shape index (κ2) is 7.25. The molecule has 1 aliphatic heterocycles. The van der Waals surface area contributed by atoms with Crippen molar-refractivity contribution in [1.29, 1.82) is 10.5 Å². The molecule has 2 aliphatic rings. The number of carbonyl (C=O) groups excluding carboxylic acids is 1. The van der Waals surface area contributed by atoms with Gasteiger partial charge in [-0.2, -0.15) is 15.6 Å². The molecule has 6 rings (SSSR count). The molecule has 1 saturated carbocycles. The molecule has 0 aromatic carbocycles. The number of carbonyl (C=O) groups is 1. The van der Waals surface area contributed by atoms with Crippen LogP contribution in [-0.4, -0.2) is 53.0 Å². The maximum atomic E-state index is 12.9. The van der Waals surface area contributed by atoms with Crippen molar-refractivity contribution < 1.29 is 4.79 Å². The standard InChI is InChI=1S/C23H19N9O2/c24-9-14-3-7-31-18(8-14)16(10-27-31)19-26-11-17-20(29-19)32(22(34)28-17)15-2-1-6-30(12-15)21(33)23(13-25)4-5-23/h3,7-8,10-11,15H,1-2,4-6,12H2,(H,28,34). The number of nitriles is 2. The molecule has 4 aromatic rings. The summed E-state index contributed by atoms with van der Waals surface area (Å²) in [5, 5.41) is 23.0. The summed E-state index contributed by atoms with van der Waals surface area (Å²) in [6, 6.07) is 7.42. The van der Waals surface area contributed by atoms with Crippen molar-refractivity contribution in [2.45, 2.75) is 31.7 Å². The number of rotatable bonds is 3. The molecule has 0 spiro atoms. The first-order chi connectivity index (χ1) is 16.5. The predicted octanol–water partition coefficient (Wildman–Crippen LogP) is 1.77.